The first-order valence-corrected chi connectivity index (χ1v) is 6.96. The smallest absolute Gasteiger partial charge is 0.329 e. The zero-order valence-electron chi connectivity index (χ0n) is 12.3. The van der Waals surface area contributed by atoms with E-state index in [4.69, 9.17) is 9.84 Å². The summed E-state index contributed by atoms with van der Waals surface area (Å²) in [5, 5.41) is 11.1. The molecule has 1 fully saturated rings. The minimum atomic E-state index is -1.00. The lowest BCUT2D eigenvalue weighted by molar-refractivity contribution is -0.142. The second-order valence-electron chi connectivity index (χ2n) is 5.31. The normalized spacial score (nSPS) is 16.9. The Kier molecular flexibility index (Phi) is 7.32. The molecule has 1 rings (SSSR count). The fraction of sp³-hybridized carbons (Fsp3) is 0.846. The number of aliphatic carboxylic acids is 1. The third-order valence-corrected chi connectivity index (χ3v) is 3.47. The van der Waals surface area contributed by atoms with Crippen molar-refractivity contribution < 1.29 is 19.4 Å². The SMILES string of the molecule is CN1CCC(CN(C)C(=O)NCCOCC(=O)O)CC1. The van der Waals surface area contributed by atoms with E-state index in [1.54, 1.807) is 11.9 Å². The number of carbonyl (C=O) groups excluding carboxylic acids is 1. The molecule has 0 aromatic rings. The molecule has 1 saturated heterocycles. The summed E-state index contributed by atoms with van der Waals surface area (Å²) in [5.41, 5.74) is 0. The number of carbonyl (C=O) groups is 2. The first-order chi connectivity index (χ1) is 9.49. The van der Waals surface area contributed by atoms with Gasteiger partial charge in [-0.05, 0) is 38.9 Å². The third-order valence-electron chi connectivity index (χ3n) is 3.47. The van der Waals surface area contributed by atoms with Crippen LogP contribution in [0, 0.1) is 5.92 Å². The van der Waals surface area contributed by atoms with Crippen LogP contribution in [-0.4, -0.2) is 80.4 Å². The minimum Gasteiger partial charge on any atom is -0.480 e. The van der Waals surface area contributed by atoms with E-state index in [1.165, 1.54) is 0 Å². The summed E-state index contributed by atoms with van der Waals surface area (Å²) in [6, 6.07) is -0.136. The highest BCUT2D eigenvalue weighted by Gasteiger charge is 2.20. The third kappa shape index (κ3) is 6.72. The quantitative estimate of drug-likeness (QED) is 0.648. The van der Waals surface area contributed by atoms with Crippen LogP contribution in [0.25, 0.3) is 0 Å². The van der Waals surface area contributed by atoms with E-state index in [1.807, 2.05) is 0 Å². The molecule has 0 aliphatic carbocycles. The first kappa shape index (κ1) is 16.7. The highest BCUT2D eigenvalue weighted by atomic mass is 16.5. The number of carboxylic acids is 1. The molecule has 2 amide bonds. The summed E-state index contributed by atoms with van der Waals surface area (Å²) in [5.74, 6) is -0.444. The lowest BCUT2D eigenvalue weighted by atomic mass is 9.97. The molecule has 1 aliphatic heterocycles. The molecule has 0 unspecified atom stereocenters. The van der Waals surface area contributed by atoms with Crippen molar-refractivity contribution in [3.63, 3.8) is 0 Å². The maximum Gasteiger partial charge on any atom is 0.329 e. The molecule has 1 aliphatic rings. The van der Waals surface area contributed by atoms with Crippen LogP contribution >= 0.6 is 0 Å². The molecule has 116 valence electrons. The van der Waals surface area contributed by atoms with E-state index in [-0.39, 0.29) is 19.2 Å². The summed E-state index contributed by atoms with van der Waals surface area (Å²) in [7, 11) is 3.90. The number of urea groups is 1. The van der Waals surface area contributed by atoms with Gasteiger partial charge in [0.1, 0.15) is 6.61 Å². The Balaban J connectivity index is 2.11. The molecule has 0 bridgehead atoms. The van der Waals surface area contributed by atoms with Crippen molar-refractivity contribution in [1.82, 2.24) is 15.1 Å². The van der Waals surface area contributed by atoms with E-state index in [0.29, 0.717) is 12.5 Å². The highest BCUT2D eigenvalue weighted by Crippen LogP contribution is 2.16. The second kappa shape index (κ2) is 8.76. The van der Waals surface area contributed by atoms with E-state index >= 15 is 0 Å². The molecular weight excluding hydrogens is 262 g/mol. The van der Waals surface area contributed by atoms with Gasteiger partial charge in [0, 0.05) is 20.1 Å². The average molecular weight is 287 g/mol. The van der Waals surface area contributed by atoms with E-state index in [2.05, 4.69) is 17.3 Å². The largest absolute Gasteiger partial charge is 0.480 e. The van der Waals surface area contributed by atoms with Crippen molar-refractivity contribution in [2.45, 2.75) is 12.8 Å². The summed E-state index contributed by atoms with van der Waals surface area (Å²) >= 11 is 0. The fourth-order valence-electron chi connectivity index (χ4n) is 2.24. The van der Waals surface area contributed by atoms with E-state index in [9.17, 15) is 9.59 Å². The molecule has 7 nitrogen and oxygen atoms in total. The van der Waals surface area contributed by atoms with Crippen LogP contribution in [0.5, 0.6) is 0 Å². The van der Waals surface area contributed by atoms with Gasteiger partial charge in [0.2, 0.25) is 0 Å². The average Bonchev–Trinajstić information content (AvgIpc) is 2.40. The zero-order valence-corrected chi connectivity index (χ0v) is 12.3. The Morgan fingerprint density at radius 3 is 2.65 bits per heavy atom. The molecule has 0 aromatic heterocycles. The van der Waals surface area contributed by atoms with Gasteiger partial charge in [-0.3, -0.25) is 0 Å². The number of nitrogens with one attached hydrogen (secondary N) is 1. The monoisotopic (exact) mass is 287 g/mol. The van der Waals surface area contributed by atoms with Crippen molar-refractivity contribution in [2.24, 2.45) is 5.92 Å². The van der Waals surface area contributed by atoms with Gasteiger partial charge in [-0.25, -0.2) is 9.59 Å². The first-order valence-electron chi connectivity index (χ1n) is 6.96. The Labute approximate surface area is 119 Å². The second-order valence-corrected chi connectivity index (χ2v) is 5.31. The van der Waals surface area contributed by atoms with Gasteiger partial charge in [-0.2, -0.15) is 0 Å². The molecule has 20 heavy (non-hydrogen) atoms. The number of carboxylic acid groups (broad SMARTS) is 1. The predicted octanol–water partition coefficient (Wildman–Crippen LogP) is 0.0708. The van der Waals surface area contributed by atoms with Crippen molar-refractivity contribution in [1.29, 1.82) is 0 Å². The summed E-state index contributed by atoms with van der Waals surface area (Å²) < 4.78 is 4.85. The van der Waals surface area contributed by atoms with Gasteiger partial charge < -0.3 is 25.0 Å². The van der Waals surface area contributed by atoms with Gasteiger partial charge in [0.25, 0.3) is 0 Å². The van der Waals surface area contributed by atoms with Crippen molar-refractivity contribution in [3.8, 4) is 0 Å². The predicted molar refractivity (Wildman–Crippen MR) is 74.7 cm³/mol. The van der Waals surface area contributed by atoms with Gasteiger partial charge in [-0.15, -0.1) is 0 Å². The molecular formula is C13H25N3O4. The Bertz CT molecular complexity index is 317. The summed E-state index contributed by atoms with van der Waals surface area (Å²) in [6.07, 6.45) is 2.24. The number of ether oxygens (including phenoxy) is 1. The van der Waals surface area contributed by atoms with Crippen LogP contribution < -0.4 is 5.32 Å². The molecule has 2 N–H and O–H groups in total. The topological polar surface area (TPSA) is 82.1 Å². The standard InChI is InChI=1S/C13H25N3O4/c1-15-6-3-11(4-7-15)9-16(2)13(19)14-5-8-20-10-12(17)18/h11H,3-10H2,1-2H3,(H,14,19)(H,17,18). The Hall–Kier alpha value is -1.34. The van der Waals surface area contributed by atoms with Crippen molar-refractivity contribution in [2.75, 3.05) is 53.5 Å². The van der Waals surface area contributed by atoms with Gasteiger partial charge in [0.15, 0.2) is 0 Å². The molecule has 7 heteroatoms. The van der Waals surface area contributed by atoms with Crippen LogP contribution in [0.3, 0.4) is 0 Å². The lowest BCUT2D eigenvalue weighted by Gasteiger charge is -2.31. The highest BCUT2D eigenvalue weighted by molar-refractivity contribution is 5.73. The van der Waals surface area contributed by atoms with Crippen molar-refractivity contribution in [3.05, 3.63) is 0 Å². The fourth-order valence-corrected chi connectivity index (χ4v) is 2.24. The molecule has 0 aromatic carbocycles. The number of hydrogen-bond acceptors (Lipinski definition) is 4. The summed E-state index contributed by atoms with van der Waals surface area (Å²) in [6.45, 7) is 3.13. The van der Waals surface area contributed by atoms with Crippen LogP contribution in [0.15, 0.2) is 0 Å². The van der Waals surface area contributed by atoms with Gasteiger partial charge >= 0.3 is 12.0 Å². The molecule has 1 heterocycles. The van der Waals surface area contributed by atoms with Gasteiger partial charge in [0.05, 0.1) is 6.61 Å². The number of rotatable bonds is 7. The molecule has 0 atom stereocenters. The van der Waals surface area contributed by atoms with Crippen LogP contribution in [0.4, 0.5) is 4.79 Å². The number of amides is 2. The van der Waals surface area contributed by atoms with Crippen LogP contribution in [0.2, 0.25) is 0 Å². The minimum absolute atomic E-state index is 0.136. The molecule has 0 radical (unpaired) electrons. The summed E-state index contributed by atoms with van der Waals surface area (Å²) in [4.78, 5) is 26.0. The number of hydrogen-bond donors (Lipinski definition) is 2. The number of nitrogens with zero attached hydrogens (tertiary/aromatic N) is 2. The van der Waals surface area contributed by atoms with Crippen LogP contribution in [-0.2, 0) is 9.53 Å². The maximum atomic E-state index is 11.8. The van der Waals surface area contributed by atoms with Crippen molar-refractivity contribution >= 4 is 12.0 Å². The zero-order chi connectivity index (χ0) is 15.0. The number of piperidine rings is 1. The lowest BCUT2D eigenvalue weighted by Crippen LogP contribution is -2.43. The van der Waals surface area contributed by atoms with E-state index in [0.717, 1.165) is 32.5 Å². The number of likely N-dealkylation sites (tertiary alicyclic amines) is 1. The Morgan fingerprint density at radius 2 is 2.05 bits per heavy atom. The van der Waals surface area contributed by atoms with Crippen LogP contribution in [0.1, 0.15) is 12.8 Å². The van der Waals surface area contributed by atoms with E-state index < -0.39 is 5.97 Å². The molecule has 0 spiro atoms. The molecule has 0 saturated carbocycles. The maximum absolute atomic E-state index is 11.8. The van der Waals surface area contributed by atoms with Gasteiger partial charge in [-0.1, -0.05) is 0 Å². The Morgan fingerprint density at radius 1 is 1.40 bits per heavy atom.